The lowest BCUT2D eigenvalue weighted by atomic mass is 9.95. The molecule has 5 aliphatic rings. The minimum Gasteiger partial charge on any atom is -0.488 e. The summed E-state index contributed by atoms with van der Waals surface area (Å²) in [5, 5.41) is 0.485. The van der Waals surface area contributed by atoms with Crippen LogP contribution in [-0.4, -0.2) is 97.7 Å². The molecule has 2 aromatic rings. The van der Waals surface area contributed by atoms with Gasteiger partial charge in [0.25, 0.3) is 0 Å². The first-order valence-corrected chi connectivity index (χ1v) is 15.7. The van der Waals surface area contributed by atoms with Crippen LogP contribution in [0.5, 0.6) is 11.8 Å². The van der Waals surface area contributed by atoms with E-state index < -0.39 is 17.5 Å². The van der Waals surface area contributed by atoms with E-state index in [4.69, 9.17) is 40.3 Å². The van der Waals surface area contributed by atoms with E-state index in [0.717, 1.165) is 45.1 Å². The van der Waals surface area contributed by atoms with Crippen molar-refractivity contribution in [2.45, 2.75) is 75.1 Å². The first-order valence-electron chi connectivity index (χ1n) is 14.6. The van der Waals surface area contributed by atoms with Crippen LogP contribution in [0.3, 0.4) is 0 Å². The molecule has 7 rings (SSSR count). The van der Waals surface area contributed by atoms with Gasteiger partial charge in [0.1, 0.15) is 41.8 Å². The lowest BCUT2D eigenvalue weighted by Gasteiger charge is -2.37. The number of fused-ring (bicyclic) bond motifs is 1. The van der Waals surface area contributed by atoms with Gasteiger partial charge in [0.2, 0.25) is 0 Å². The van der Waals surface area contributed by atoms with E-state index in [1.54, 1.807) is 0 Å². The number of anilines is 1. The zero-order valence-corrected chi connectivity index (χ0v) is 25.1. The fraction of sp³-hybridized carbons (Fsp3) is 0.714. The molecular formula is C28H34BrClF2N4O5. The van der Waals surface area contributed by atoms with Gasteiger partial charge in [-0.15, -0.1) is 0 Å². The molecule has 9 nitrogen and oxygen atoms in total. The average molecular weight is 660 g/mol. The molecule has 5 aliphatic heterocycles. The second kappa shape index (κ2) is 11.5. The number of hydrogen-bond acceptors (Lipinski definition) is 9. The van der Waals surface area contributed by atoms with E-state index in [1.165, 1.54) is 0 Å². The van der Waals surface area contributed by atoms with Gasteiger partial charge in [-0.2, -0.15) is 9.97 Å². The van der Waals surface area contributed by atoms with Crippen LogP contribution in [0.4, 0.5) is 14.6 Å². The fourth-order valence-corrected chi connectivity index (χ4v) is 7.60. The van der Waals surface area contributed by atoms with Crippen LogP contribution in [0.25, 0.3) is 10.9 Å². The Balaban J connectivity index is 1.29. The SMILES string of the molecule is Fc1c(Br)c(Cl)c2c3c(nc(OC[C@@]45CCCN4C[C@H](F)C5)nc13)N(C1CCOC1)CC(OC1CCCCO1)CO2. The summed E-state index contributed by atoms with van der Waals surface area (Å²) in [6.45, 7) is 3.87. The molecule has 4 saturated heterocycles. The minimum absolute atomic E-state index is 0.0261. The largest absolute Gasteiger partial charge is 0.488 e. The van der Waals surface area contributed by atoms with E-state index in [2.05, 4.69) is 30.7 Å². The summed E-state index contributed by atoms with van der Waals surface area (Å²) in [6, 6.07) is 0.00878. The molecule has 0 bridgehead atoms. The van der Waals surface area contributed by atoms with Gasteiger partial charge >= 0.3 is 6.01 Å². The van der Waals surface area contributed by atoms with Crippen molar-refractivity contribution in [3.63, 3.8) is 0 Å². The van der Waals surface area contributed by atoms with Crippen molar-refractivity contribution >= 4 is 44.3 Å². The average Bonchev–Trinajstić information content (AvgIpc) is 3.69. The Kier molecular flexibility index (Phi) is 7.91. The summed E-state index contributed by atoms with van der Waals surface area (Å²) >= 11 is 9.97. The third kappa shape index (κ3) is 5.26. The maximum atomic E-state index is 15.8. The summed E-state index contributed by atoms with van der Waals surface area (Å²) in [5.74, 6) is 0.120. The first-order chi connectivity index (χ1) is 19.9. The molecule has 3 unspecified atom stereocenters. The number of rotatable bonds is 6. The van der Waals surface area contributed by atoms with Crippen molar-refractivity contribution in [2.24, 2.45) is 0 Å². The molecular weight excluding hydrogens is 626 g/mol. The van der Waals surface area contributed by atoms with Crippen LogP contribution >= 0.6 is 27.5 Å². The second-order valence-electron chi connectivity index (χ2n) is 11.7. The van der Waals surface area contributed by atoms with Crippen LogP contribution in [0, 0.1) is 5.82 Å². The summed E-state index contributed by atoms with van der Waals surface area (Å²) in [7, 11) is 0. The molecule has 0 aliphatic carbocycles. The Bertz CT molecular complexity index is 1300. The Hall–Kier alpha value is -1.57. The molecule has 0 N–H and O–H groups in total. The molecule has 0 amide bonds. The van der Waals surface area contributed by atoms with Gasteiger partial charge in [-0.3, -0.25) is 4.90 Å². The predicted molar refractivity (Wildman–Crippen MR) is 151 cm³/mol. The van der Waals surface area contributed by atoms with E-state index in [1.807, 2.05) is 0 Å². The molecule has 1 aromatic heterocycles. The summed E-state index contributed by atoms with van der Waals surface area (Å²) in [4.78, 5) is 13.6. The van der Waals surface area contributed by atoms with E-state index >= 15 is 4.39 Å². The number of nitrogens with zero attached hydrogens (tertiary/aromatic N) is 4. The van der Waals surface area contributed by atoms with Crippen molar-refractivity contribution < 1.29 is 32.5 Å². The lowest BCUT2D eigenvalue weighted by molar-refractivity contribution is -0.191. The van der Waals surface area contributed by atoms with Crippen LogP contribution in [0.1, 0.15) is 44.9 Å². The van der Waals surface area contributed by atoms with Crippen molar-refractivity contribution in [3.8, 4) is 11.8 Å². The van der Waals surface area contributed by atoms with Gasteiger partial charge in [-0.1, -0.05) is 11.6 Å². The molecule has 13 heteroatoms. The second-order valence-corrected chi connectivity index (χ2v) is 12.9. The summed E-state index contributed by atoms with van der Waals surface area (Å²) in [5.41, 5.74) is -0.347. The Morgan fingerprint density at radius 3 is 2.83 bits per heavy atom. The maximum Gasteiger partial charge on any atom is 0.319 e. The number of halogens is 4. The van der Waals surface area contributed by atoms with Crippen LogP contribution in [-0.2, 0) is 14.2 Å². The molecule has 41 heavy (non-hydrogen) atoms. The number of aromatic nitrogens is 2. The third-order valence-corrected chi connectivity index (χ3v) is 10.4. The molecule has 6 heterocycles. The number of ether oxygens (including phenoxy) is 5. The number of alkyl halides is 1. The summed E-state index contributed by atoms with van der Waals surface area (Å²) < 4.78 is 60.7. The normalized spacial score (nSPS) is 32.1. The maximum absolute atomic E-state index is 15.8. The molecule has 4 fully saturated rings. The highest BCUT2D eigenvalue weighted by Gasteiger charge is 2.49. The Morgan fingerprint density at radius 1 is 1.12 bits per heavy atom. The van der Waals surface area contributed by atoms with Crippen LogP contribution < -0.4 is 14.4 Å². The van der Waals surface area contributed by atoms with E-state index in [-0.39, 0.29) is 58.4 Å². The highest BCUT2D eigenvalue weighted by atomic mass is 79.9. The number of hydrogen-bond donors (Lipinski definition) is 0. The van der Waals surface area contributed by atoms with Gasteiger partial charge < -0.3 is 28.6 Å². The van der Waals surface area contributed by atoms with E-state index in [9.17, 15) is 4.39 Å². The van der Waals surface area contributed by atoms with Crippen LogP contribution in [0.15, 0.2) is 4.47 Å². The minimum atomic E-state index is -0.886. The van der Waals surface area contributed by atoms with Crippen molar-refractivity contribution in [1.82, 2.24) is 14.9 Å². The van der Waals surface area contributed by atoms with Crippen LogP contribution in [0.2, 0.25) is 5.02 Å². The predicted octanol–water partition coefficient (Wildman–Crippen LogP) is 5.04. The summed E-state index contributed by atoms with van der Waals surface area (Å²) in [6.07, 6.45) is 4.30. The van der Waals surface area contributed by atoms with Gasteiger partial charge in [0, 0.05) is 32.7 Å². The Labute approximate surface area is 250 Å². The highest BCUT2D eigenvalue weighted by molar-refractivity contribution is 9.10. The van der Waals surface area contributed by atoms with Gasteiger partial charge in [0.05, 0.1) is 28.0 Å². The Morgan fingerprint density at radius 2 is 2.02 bits per heavy atom. The van der Waals surface area contributed by atoms with Gasteiger partial charge in [-0.05, 0) is 61.0 Å². The van der Waals surface area contributed by atoms with Crippen molar-refractivity contribution in [2.75, 3.05) is 57.6 Å². The molecule has 0 radical (unpaired) electrons. The quantitative estimate of drug-likeness (QED) is 0.397. The molecule has 0 saturated carbocycles. The van der Waals surface area contributed by atoms with Gasteiger partial charge in [0.15, 0.2) is 17.9 Å². The highest BCUT2D eigenvalue weighted by Crippen LogP contribution is 2.47. The topological polar surface area (TPSA) is 78.4 Å². The zero-order chi connectivity index (χ0) is 28.1. The molecule has 224 valence electrons. The molecule has 5 atom stereocenters. The third-order valence-electron chi connectivity index (χ3n) is 9.03. The molecule has 1 aromatic carbocycles. The first kappa shape index (κ1) is 28.2. The zero-order valence-electron chi connectivity index (χ0n) is 22.8. The standard InChI is InChI=1S/C28H34BrClF2N4O5/c29-21-22(30)25-20-24(23(21)32)33-27(40-15-28-6-3-7-35(28)11-16(31)10-28)34-26(20)36(17-5-9-37-13-17)12-18(14-39-25)41-19-4-1-2-8-38-19/h16-19H,1-15H2/t16-,17?,18?,19?,28+/m1/s1. The molecule has 0 spiro atoms. The van der Waals surface area contributed by atoms with E-state index in [0.29, 0.717) is 50.5 Å². The number of benzene rings is 1. The van der Waals surface area contributed by atoms with Gasteiger partial charge in [-0.25, -0.2) is 8.78 Å². The monoisotopic (exact) mass is 658 g/mol. The van der Waals surface area contributed by atoms with Crippen molar-refractivity contribution in [1.29, 1.82) is 0 Å². The fourth-order valence-electron chi connectivity index (χ4n) is 7.00. The van der Waals surface area contributed by atoms with Crippen molar-refractivity contribution in [3.05, 3.63) is 15.3 Å². The smallest absolute Gasteiger partial charge is 0.319 e. The lowest BCUT2D eigenvalue weighted by Crippen LogP contribution is -2.47.